The van der Waals surface area contributed by atoms with Gasteiger partial charge in [0.15, 0.2) is 0 Å². The number of anilines is 1. The van der Waals surface area contributed by atoms with E-state index < -0.39 is 0 Å². The number of azide groups is 1. The van der Waals surface area contributed by atoms with Crippen LogP contribution >= 0.6 is 0 Å². The Kier molecular flexibility index (Phi) is 3.71. The van der Waals surface area contributed by atoms with Crippen molar-refractivity contribution in [3.8, 4) is 0 Å². The first-order chi connectivity index (χ1) is 7.15. The molecule has 0 aromatic heterocycles. The first-order valence-corrected chi connectivity index (χ1v) is 4.38. The van der Waals surface area contributed by atoms with Crippen molar-refractivity contribution >= 4 is 11.8 Å². The van der Waals surface area contributed by atoms with Crippen LogP contribution in [-0.2, 0) is 0 Å². The van der Waals surface area contributed by atoms with E-state index in [1.54, 1.807) is 19.1 Å². The fourth-order valence-electron chi connectivity index (χ4n) is 1.18. The molecule has 0 fully saturated rings. The van der Waals surface area contributed by atoms with Gasteiger partial charge in [0.05, 0.1) is 0 Å². The van der Waals surface area contributed by atoms with Crippen molar-refractivity contribution < 1.29 is 4.39 Å². The van der Waals surface area contributed by atoms with E-state index in [9.17, 15) is 4.39 Å². The summed E-state index contributed by atoms with van der Waals surface area (Å²) in [6.45, 7) is 1.97. The fraction of sp³-hybridized carbons (Fsp3) is 0.200. The maximum atomic E-state index is 13.0. The molecule has 0 aliphatic rings. The number of aryl methyl sites for hydroxylation is 1. The normalized spacial score (nSPS) is 10.3. The van der Waals surface area contributed by atoms with Crippen molar-refractivity contribution in [1.29, 1.82) is 0 Å². The van der Waals surface area contributed by atoms with Crippen molar-refractivity contribution in [2.45, 2.75) is 6.92 Å². The zero-order chi connectivity index (χ0) is 11.3. The number of nitrogens with two attached hydrogens (primary N) is 1. The SMILES string of the molecule is Cc1cc(F)cc(C=CCN=[N+]=[N-])c1N. The molecule has 78 valence electrons. The Morgan fingerprint density at radius 2 is 2.33 bits per heavy atom. The largest absolute Gasteiger partial charge is 0.398 e. The first kappa shape index (κ1) is 11.1. The van der Waals surface area contributed by atoms with Gasteiger partial charge in [0.25, 0.3) is 0 Å². The van der Waals surface area contributed by atoms with Gasteiger partial charge in [-0.2, -0.15) is 0 Å². The molecular weight excluding hydrogens is 195 g/mol. The van der Waals surface area contributed by atoms with Crippen LogP contribution in [0.15, 0.2) is 23.3 Å². The maximum Gasteiger partial charge on any atom is 0.124 e. The third-order valence-electron chi connectivity index (χ3n) is 1.93. The molecule has 0 atom stereocenters. The highest BCUT2D eigenvalue weighted by Crippen LogP contribution is 2.20. The van der Waals surface area contributed by atoms with Crippen molar-refractivity contribution in [3.05, 3.63) is 45.6 Å². The number of rotatable bonds is 3. The lowest BCUT2D eigenvalue weighted by molar-refractivity contribution is 0.626. The van der Waals surface area contributed by atoms with Crippen LogP contribution in [0.1, 0.15) is 11.1 Å². The van der Waals surface area contributed by atoms with Crippen molar-refractivity contribution in [2.24, 2.45) is 5.11 Å². The molecule has 0 aliphatic carbocycles. The van der Waals surface area contributed by atoms with Gasteiger partial charge in [0.1, 0.15) is 5.82 Å². The van der Waals surface area contributed by atoms with Crippen LogP contribution in [0.3, 0.4) is 0 Å². The highest BCUT2D eigenvalue weighted by molar-refractivity contribution is 5.67. The molecule has 1 rings (SSSR count). The Morgan fingerprint density at radius 3 is 3.00 bits per heavy atom. The summed E-state index contributed by atoms with van der Waals surface area (Å²) >= 11 is 0. The summed E-state index contributed by atoms with van der Waals surface area (Å²) in [5, 5.41) is 3.32. The van der Waals surface area contributed by atoms with E-state index in [1.165, 1.54) is 12.1 Å². The minimum atomic E-state index is -0.329. The summed E-state index contributed by atoms with van der Waals surface area (Å²) in [6.07, 6.45) is 3.27. The van der Waals surface area contributed by atoms with Crippen LogP contribution < -0.4 is 5.73 Å². The second-order valence-corrected chi connectivity index (χ2v) is 3.04. The molecule has 15 heavy (non-hydrogen) atoms. The Bertz CT molecular complexity index is 433. The van der Waals surface area contributed by atoms with Crippen molar-refractivity contribution in [1.82, 2.24) is 0 Å². The van der Waals surface area contributed by atoms with Crippen molar-refractivity contribution in [2.75, 3.05) is 12.3 Å². The lowest BCUT2D eigenvalue weighted by Gasteiger charge is -2.04. The summed E-state index contributed by atoms with van der Waals surface area (Å²) in [5.41, 5.74) is 15.6. The van der Waals surface area contributed by atoms with E-state index in [0.29, 0.717) is 16.8 Å². The molecule has 0 amide bonds. The molecule has 0 saturated heterocycles. The summed E-state index contributed by atoms with van der Waals surface area (Å²) in [6, 6.07) is 2.72. The van der Waals surface area contributed by atoms with E-state index in [4.69, 9.17) is 11.3 Å². The van der Waals surface area contributed by atoms with Gasteiger partial charge in [-0.1, -0.05) is 17.3 Å². The summed E-state index contributed by atoms with van der Waals surface area (Å²) < 4.78 is 13.0. The van der Waals surface area contributed by atoms with E-state index >= 15 is 0 Å². The molecule has 0 bridgehead atoms. The number of hydrogen-bond acceptors (Lipinski definition) is 2. The lowest BCUT2D eigenvalue weighted by Crippen LogP contribution is -1.94. The summed E-state index contributed by atoms with van der Waals surface area (Å²) in [5.74, 6) is -0.329. The van der Waals surface area contributed by atoms with E-state index in [-0.39, 0.29) is 12.4 Å². The Balaban J connectivity index is 2.94. The Hall–Kier alpha value is -2.00. The average molecular weight is 206 g/mol. The number of benzene rings is 1. The minimum absolute atomic E-state index is 0.228. The molecule has 4 nitrogen and oxygen atoms in total. The number of hydrogen-bond donors (Lipinski definition) is 1. The zero-order valence-corrected chi connectivity index (χ0v) is 8.31. The molecule has 2 N–H and O–H groups in total. The van der Waals surface area contributed by atoms with Crippen LogP contribution in [-0.4, -0.2) is 6.54 Å². The van der Waals surface area contributed by atoms with Gasteiger partial charge >= 0.3 is 0 Å². The van der Waals surface area contributed by atoms with E-state index in [2.05, 4.69) is 10.0 Å². The Morgan fingerprint density at radius 1 is 1.60 bits per heavy atom. The maximum absolute atomic E-state index is 13.0. The number of nitrogens with zero attached hydrogens (tertiary/aromatic N) is 3. The second-order valence-electron chi connectivity index (χ2n) is 3.04. The predicted octanol–water partition coefficient (Wildman–Crippen LogP) is 3.04. The third kappa shape index (κ3) is 3.00. The Labute approximate surface area is 86.8 Å². The van der Waals surface area contributed by atoms with Crippen LogP contribution in [0.2, 0.25) is 0 Å². The molecule has 0 unspecified atom stereocenters. The molecule has 0 spiro atoms. The highest BCUT2D eigenvalue weighted by atomic mass is 19.1. The third-order valence-corrected chi connectivity index (χ3v) is 1.93. The molecule has 0 heterocycles. The molecule has 0 saturated carbocycles. The lowest BCUT2D eigenvalue weighted by atomic mass is 10.1. The van der Waals surface area contributed by atoms with Crippen LogP contribution in [0.4, 0.5) is 10.1 Å². The second kappa shape index (κ2) is 5.02. The van der Waals surface area contributed by atoms with Gasteiger partial charge in [0.2, 0.25) is 0 Å². The molecule has 0 radical (unpaired) electrons. The first-order valence-electron chi connectivity index (χ1n) is 4.38. The van der Waals surface area contributed by atoms with Gasteiger partial charge < -0.3 is 5.73 Å². The molecular formula is C10H11FN4. The molecule has 1 aromatic rings. The molecule has 1 aromatic carbocycles. The quantitative estimate of drug-likeness (QED) is 0.351. The number of nitrogen functional groups attached to an aromatic ring is 1. The molecule has 0 aliphatic heterocycles. The minimum Gasteiger partial charge on any atom is -0.398 e. The van der Waals surface area contributed by atoms with E-state index in [1.807, 2.05) is 0 Å². The van der Waals surface area contributed by atoms with Gasteiger partial charge in [0, 0.05) is 22.7 Å². The monoisotopic (exact) mass is 206 g/mol. The standard InChI is InChI=1S/C10H11FN4/c1-7-5-9(11)6-8(10(7)12)3-2-4-14-15-13/h2-3,5-6H,4,12H2,1H3. The van der Waals surface area contributed by atoms with Gasteiger partial charge in [-0.15, -0.1) is 0 Å². The zero-order valence-electron chi connectivity index (χ0n) is 8.31. The van der Waals surface area contributed by atoms with Gasteiger partial charge in [-0.25, -0.2) is 4.39 Å². The van der Waals surface area contributed by atoms with Gasteiger partial charge in [-0.3, -0.25) is 0 Å². The molecule has 5 heteroatoms. The van der Waals surface area contributed by atoms with E-state index in [0.717, 1.165) is 0 Å². The van der Waals surface area contributed by atoms with Crippen LogP contribution in [0.25, 0.3) is 16.5 Å². The van der Waals surface area contributed by atoms with Crippen LogP contribution in [0.5, 0.6) is 0 Å². The summed E-state index contributed by atoms with van der Waals surface area (Å²) in [4.78, 5) is 2.59. The number of halogens is 1. The fourth-order valence-corrected chi connectivity index (χ4v) is 1.18. The summed E-state index contributed by atoms with van der Waals surface area (Å²) in [7, 11) is 0. The van der Waals surface area contributed by atoms with Gasteiger partial charge in [-0.05, 0) is 30.2 Å². The smallest absolute Gasteiger partial charge is 0.124 e. The highest BCUT2D eigenvalue weighted by Gasteiger charge is 2.01. The average Bonchev–Trinajstić information content (AvgIpc) is 2.19. The van der Waals surface area contributed by atoms with Crippen LogP contribution in [0, 0.1) is 12.7 Å². The predicted molar refractivity (Wildman–Crippen MR) is 58.6 cm³/mol. The van der Waals surface area contributed by atoms with Crippen molar-refractivity contribution in [3.63, 3.8) is 0 Å². The topological polar surface area (TPSA) is 74.8 Å².